The molecule has 1 spiro atoms. The summed E-state index contributed by atoms with van der Waals surface area (Å²) in [6, 6.07) is 15.1. The molecule has 6 heteroatoms. The third-order valence-corrected chi connectivity index (χ3v) is 7.14. The Hall–Kier alpha value is -1.89. The Morgan fingerprint density at radius 1 is 1.20 bits per heavy atom. The molecule has 2 aliphatic rings. The topological polar surface area (TPSA) is 41.6 Å². The Bertz CT molecular complexity index is 881. The number of hydrogen-bond acceptors (Lipinski definition) is 4. The Kier molecular flexibility index (Phi) is 6.46. The van der Waals surface area contributed by atoms with Gasteiger partial charge in [0.2, 0.25) is 5.91 Å². The van der Waals surface area contributed by atoms with Crippen molar-refractivity contribution in [3.05, 3.63) is 71.0 Å². The van der Waals surface area contributed by atoms with Gasteiger partial charge in [0.1, 0.15) is 5.82 Å². The van der Waals surface area contributed by atoms with E-state index in [2.05, 4.69) is 28.4 Å². The molecule has 1 saturated heterocycles. The Balaban J connectivity index is 1.54. The van der Waals surface area contributed by atoms with Crippen LogP contribution in [-0.2, 0) is 21.5 Å². The van der Waals surface area contributed by atoms with Crippen LogP contribution in [0.3, 0.4) is 0 Å². The van der Waals surface area contributed by atoms with Crippen molar-refractivity contribution in [2.75, 3.05) is 32.2 Å². The number of rotatable bonds is 6. The summed E-state index contributed by atoms with van der Waals surface area (Å²) >= 11 is 1.53. The average molecular weight is 429 g/mol. The number of nitrogens with zero attached hydrogens (tertiary/aromatic N) is 1. The van der Waals surface area contributed by atoms with Crippen molar-refractivity contribution in [1.82, 2.24) is 10.2 Å². The quantitative estimate of drug-likeness (QED) is 0.758. The summed E-state index contributed by atoms with van der Waals surface area (Å²) in [7, 11) is 1.76. The highest BCUT2D eigenvalue weighted by Crippen LogP contribution is 2.52. The van der Waals surface area contributed by atoms with Crippen molar-refractivity contribution >= 4 is 17.7 Å². The number of hydrogen-bond donors (Lipinski definition) is 1. The molecule has 1 aliphatic heterocycles. The second-order valence-electron chi connectivity index (χ2n) is 8.28. The summed E-state index contributed by atoms with van der Waals surface area (Å²) in [5, 5.41) is 3.23. The van der Waals surface area contributed by atoms with Gasteiger partial charge in [0, 0.05) is 19.1 Å². The lowest BCUT2D eigenvalue weighted by molar-refractivity contribution is -0.121. The first-order valence-electron chi connectivity index (χ1n) is 10.4. The summed E-state index contributed by atoms with van der Waals surface area (Å²) in [5.74, 6) is 0.305. The molecule has 0 bridgehead atoms. The first kappa shape index (κ1) is 21.3. The number of fused-ring (bicyclic) bond motifs is 2. The van der Waals surface area contributed by atoms with Crippen LogP contribution >= 0.6 is 11.8 Å². The van der Waals surface area contributed by atoms with Crippen LogP contribution in [0.1, 0.15) is 35.6 Å². The second kappa shape index (κ2) is 9.08. The molecule has 1 heterocycles. The SMILES string of the molecule is CO[C@@H]1[C@@H](NC(=O)CSC)c2ccccc2C12CCN(Cc1ccc(F)cc1)CC2. The summed E-state index contributed by atoms with van der Waals surface area (Å²) in [4.78, 5) is 14.8. The van der Waals surface area contributed by atoms with Gasteiger partial charge in [-0.05, 0) is 61.0 Å². The minimum atomic E-state index is -0.198. The van der Waals surface area contributed by atoms with Gasteiger partial charge >= 0.3 is 0 Å². The Morgan fingerprint density at radius 2 is 1.90 bits per heavy atom. The van der Waals surface area contributed by atoms with Crippen molar-refractivity contribution < 1.29 is 13.9 Å². The molecule has 0 radical (unpaired) electrons. The maximum absolute atomic E-state index is 13.2. The summed E-state index contributed by atoms with van der Waals surface area (Å²) in [6.07, 6.45) is 3.81. The zero-order valence-corrected chi connectivity index (χ0v) is 18.4. The van der Waals surface area contributed by atoms with Crippen LogP contribution in [0.5, 0.6) is 0 Å². The summed E-state index contributed by atoms with van der Waals surface area (Å²) in [5.41, 5.74) is 3.53. The molecule has 2 atom stereocenters. The van der Waals surface area contributed by atoms with Gasteiger partial charge in [-0.15, -0.1) is 0 Å². The number of nitrogens with one attached hydrogen (secondary N) is 1. The van der Waals surface area contributed by atoms with Crippen LogP contribution in [0.4, 0.5) is 4.39 Å². The maximum atomic E-state index is 13.2. The van der Waals surface area contributed by atoms with Crippen LogP contribution < -0.4 is 5.32 Å². The summed E-state index contributed by atoms with van der Waals surface area (Å²) in [6.45, 7) is 2.71. The highest BCUT2D eigenvalue weighted by atomic mass is 32.2. The van der Waals surface area contributed by atoms with Gasteiger partial charge in [-0.2, -0.15) is 11.8 Å². The number of thioether (sulfide) groups is 1. The van der Waals surface area contributed by atoms with Crippen LogP contribution in [0.2, 0.25) is 0 Å². The van der Waals surface area contributed by atoms with Gasteiger partial charge < -0.3 is 10.1 Å². The van der Waals surface area contributed by atoms with Crippen molar-refractivity contribution in [2.24, 2.45) is 0 Å². The molecule has 1 N–H and O–H groups in total. The molecule has 1 amide bonds. The van der Waals surface area contributed by atoms with Crippen LogP contribution in [-0.4, -0.2) is 49.1 Å². The Morgan fingerprint density at radius 3 is 2.57 bits per heavy atom. The Labute approximate surface area is 182 Å². The summed E-state index contributed by atoms with van der Waals surface area (Å²) < 4.78 is 19.3. The fourth-order valence-corrected chi connectivity index (χ4v) is 5.58. The molecule has 4 nitrogen and oxygen atoms in total. The standard InChI is InChI=1S/C24H29FN2O2S/c1-29-23-22(26-21(28)16-30-2)19-5-3-4-6-20(19)24(23)11-13-27(14-12-24)15-17-7-9-18(25)10-8-17/h3-10,22-23H,11-16H2,1-2H3,(H,26,28)/t22-,23+/m0/s1. The van der Waals surface area contributed by atoms with Gasteiger partial charge in [0.15, 0.2) is 0 Å². The lowest BCUT2D eigenvalue weighted by Gasteiger charge is -2.44. The van der Waals surface area contributed by atoms with E-state index in [-0.39, 0.29) is 29.3 Å². The minimum Gasteiger partial charge on any atom is -0.378 e. The highest BCUT2D eigenvalue weighted by Gasteiger charge is 2.53. The predicted octanol–water partition coefficient (Wildman–Crippen LogP) is 3.91. The molecule has 2 aromatic carbocycles. The first-order chi connectivity index (χ1) is 14.6. The molecule has 160 valence electrons. The van der Waals surface area contributed by atoms with Crippen LogP contribution in [0.25, 0.3) is 0 Å². The van der Waals surface area contributed by atoms with Gasteiger partial charge in [-0.3, -0.25) is 9.69 Å². The van der Waals surface area contributed by atoms with Crippen LogP contribution in [0.15, 0.2) is 48.5 Å². The van der Waals surface area contributed by atoms with Crippen molar-refractivity contribution in [1.29, 1.82) is 0 Å². The van der Waals surface area contributed by atoms with Gasteiger partial charge in [-0.1, -0.05) is 36.4 Å². The molecule has 4 rings (SSSR count). The number of carbonyl (C=O) groups is 1. The number of piperidine rings is 1. The highest BCUT2D eigenvalue weighted by molar-refractivity contribution is 7.99. The van der Waals surface area contributed by atoms with E-state index in [0.717, 1.165) is 38.0 Å². The average Bonchev–Trinajstić information content (AvgIpc) is 3.00. The second-order valence-corrected chi connectivity index (χ2v) is 9.15. The van der Waals surface area contributed by atoms with E-state index < -0.39 is 0 Å². The largest absolute Gasteiger partial charge is 0.378 e. The maximum Gasteiger partial charge on any atom is 0.230 e. The molecule has 1 aliphatic carbocycles. The predicted molar refractivity (Wildman–Crippen MR) is 119 cm³/mol. The molecule has 1 fully saturated rings. The van der Waals surface area contributed by atoms with Crippen LogP contribution in [0, 0.1) is 5.82 Å². The zero-order chi connectivity index (χ0) is 21.1. The molecule has 0 unspecified atom stereocenters. The van der Waals surface area contributed by atoms with E-state index in [4.69, 9.17) is 4.74 Å². The van der Waals surface area contributed by atoms with E-state index in [1.165, 1.54) is 35.0 Å². The van der Waals surface area contributed by atoms with Gasteiger partial charge in [-0.25, -0.2) is 4.39 Å². The van der Waals surface area contributed by atoms with Gasteiger partial charge in [0.25, 0.3) is 0 Å². The fourth-order valence-electron chi connectivity index (χ4n) is 5.23. The lowest BCUT2D eigenvalue weighted by atomic mass is 9.72. The number of benzene rings is 2. The monoisotopic (exact) mass is 428 g/mol. The molecule has 2 aromatic rings. The normalized spacial score (nSPS) is 22.8. The number of halogens is 1. The molecule has 0 aromatic heterocycles. The minimum absolute atomic E-state index is 0.0511. The fraction of sp³-hybridized carbons (Fsp3) is 0.458. The van der Waals surface area contributed by atoms with E-state index in [0.29, 0.717) is 5.75 Å². The third kappa shape index (κ3) is 4.01. The molecule has 30 heavy (non-hydrogen) atoms. The van der Waals surface area contributed by atoms with Gasteiger partial charge in [0.05, 0.1) is 17.9 Å². The number of methoxy groups -OCH3 is 1. The van der Waals surface area contributed by atoms with Crippen molar-refractivity contribution in [2.45, 2.75) is 36.9 Å². The van der Waals surface area contributed by atoms with E-state index in [9.17, 15) is 9.18 Å². The zero-order valence-electron chi connectivity index (χ0n) is 17.6. The third-order valence-electron chi connectivity index (χ3n) is 6.59. The molecular formula is C24H29FN2O2S. The van der Waals surface area contributed by atoms with E-state index >= 15 is 0 Å². The lowest BCUT2D eigenvalue weighted by Crippen LogP contribution is -2.50. The van der Waals surface area contributed by atoms with E-state index in [1.54, 1.807) is 7.11 Å². The molecular weight excluding hydrogens is 399 g/mol. The number of ether oxygens (including phenoxy) is 1. The van der Waals surface area contributed by atoms with Crippen molar-refractivity contribution in [3.8, 4) is 0 Å². The smallest absolute Gasteiger partial charge is 0.230 e. The number of carbonyl (C=O) groups excluding carboxylic acids is 1. The van der Waals surface area contributed by atoms with Crippen molar-refractivity contribution in [3.63, 3.8) is 0 Å². The first-order valence-corrected chi connectivity index (χ1v) is 11.8. The molecule has 0 saturated carbocycles. The van der Waals surface area contributed by atoms with E-state index in [1.807, 2.05) is 24.5 Å². The number of amides is 1. The number of likely N-dealkylation sites (tertiary alicyclic amines) is 1.